The molecule has 1 heterocycles. The molecule has 0 aliphatic carbocycles. The fourth-order valence-corrected chi connectivity index (χ4v) is 2.68. The second-order valence-electron chi connectivity index (χ2n) is 3.67. The van der Waals surface area contributed by atoms with E-state index in [0.29, 0.717) is 6.61 Å². The van der Waals surface area contributed by atoms with Crippen molar-refractivity contribution in [3.63, 3.8) is 0 Å². The Hall–Kier alpha value is 0.515. The zero-order valence-corrected chi connectivity index (χ0v) is 11.2. The molecule has 1 rings (SSSR count). The van der Waals surface area contributed by atoms with Crippen LogP contribution in [0.2, 0.25) is 0 Å². The van der Waals surface area contributed by atoms with Crippen molar-refractivity contribution in [2.75, 3.05) is 27.5 Å². The van der Waals surface area contributed by atoms with Crippen molar-refractivity contribution in [3.05, 3.63) is 0 Å². The molecule has 1 N–H and O–H groups in total. The molecule has 3 unspecified atom stereocenters. The van der Waals surface area contributed by atoms with E-state index < -0.39 is 24.7 Å². The molecule has 1 fully saturated rings. The normalized spacial score (nSPS) is 38.5. The molecule has 0 saturated carbocycles. The fraction of sp³-hybridized carbons (Fsp3) is 1.00. The van der Waals surface area contributed by atoms with Crippen LogP contribution in [-0.4, -0.2) is 64.5 Å². The maximum atomic E-state index is 9.57. The van der Waals surface area contributed by atoms with Crippen LogP contribution >= 0.6 is 6.49 Å². The largest absolute Gasteiger partial charge is 0.382 e. The summed E-state index contributed by atoms with van der Waals surface area (Å²) >= 11 is 4.85. The lowest BCUT2D eigenvalue weighted by atomic mass is 9.93. The molecule has 1 aliphatic rings. The van der Waals surface area contributed by atoms with Crippen molar-refractivity contribution in [2.45, 2.75) is 24.3 Å². The summed E-state index contributed by atoms with van der Waals surface area (Å²) in [6.45, 7) is -1.00. The van der Waals surface area contributed by atoms with E-state index in [-0.39, 0.29) is 6.10 Å². The van der Waals surface area contributed by atoms with Gasteiger partial charge >= 0.3 is 0 Å². The van der Waals surface area contributed by atoms with E-state index in [1.54, 1.807) is 7.11 Å². The van der Waals surface area contributed by atoms with E-state index in [4.69, 9.17) is 38.4 Å². The first-order valence-electron chi connectivity index (χ1n) is 4.80. The third-order valence-corrected chi connectivity index (χ3v) is 3.16. The van der Waals surface area contributed by atoms with Crippen LogP contribution in [0.4, 0.5) is 0 Å². The topological polar surface area (TPSA) is 57.2 Å². The highest BCUT2D eigenvalue weighted by Crippen LogP contribution is 2.43. The zero-order valence-electron chi connectivity index (χ0n) is 9.53. The molecule has 16 heavy (non-hydrogen) atoms. The van der Waals surface area contributed by atoms with Crippen molar-refractivity contribution >= 4 is 26.1 Å². The Bertz CT molecular complexity index is 273. The summed E-state index contributed by atoms with van der Waals surface area (Å²) in [5.41, 5.74) is 0. The predicted molar refractivity (Wildman–Crippen MR) is 64.4 cm³/mol. The van der Waals surface area contributed by atoms with Gasteiger partial charge in [0.2, 0.25) is 0 Å². The fourth-order valence-electron chi connectivity index (χ4n) is 1.68. The quantitative estimate of drug-likeness (QED) is 0.552. The van der Waals surface area contributed by atoms with Crippen molar-refractivity contribution in [1.29, 1.82) is 0 Å². The van der Waals surface area contributed by atoms with Gasteiger partial charge in [-0.05, 0) is 11.8 Å². The molecule has 1 aliphatic heterocycles. The number of hydrogen-bond donors (Lipinski definition) is 1. The van der Waals surface area contributed by atoms with Gasteiger partial charge in [-0.2, -0.15) is 0 Å². The van der Waals surface area contributed by atoms with Crippen molar-refractivity contribution in [3.8, 4) is 0 Å². The Morgan fingerprint density at radius 1 is 1.44 bits per heavy atom. The van der Waals surface area contributed by atoms with Gasteiger partial charge in [0.25, 0.3) is 0 Å². The lowest BCUT2D eigenvalue weighted by Gasteiger charge is -2.25. The molecule has 5 nitrogen and oxygen atoms in total. The summed E-state index contributed by atoms with van der Waals surface area (Å²) in [4.78, 5) is 9.57. The van der Waals surface area contributed by atoms with Crippen LogP contribution in [0.3, 0.4) is 0 Å². The van der Waals surface area contributed by atoms with Gasteiger partial charge in [-0.25, -0.2) is 0 Å². The Kier molecular flexibility index (Phi) is 5.39. The van der Waals surface area contributed by atoms with Gasteiger partial charge in [0.15, 0.2) is 6.49 Å². The minimum absolute atomic E-state index is 0.313. The van der Waals surface area contributed by atoms with E-state index in [1.807, 2.05) is 0 Å². The molecule has 2 radical (unpaired) electrons. The minimum atomic E-state index is -2.79. The minimum Gasteiger partial charge on any atom is -0.382 e. The standard InChI is InChI=1S/C8H16BO5PS/c1-11-4-5-6(14-15(3,10)16)7(12-2)8(9)13-5/h5-8H,4H2,1-3H3,(H,10,16)/t5-,6?,7?,8-,15?/m1/s1. The third kappa shape index (κ3) is 3.77. The molecule has 0 aromatic carbocycles. The van der Waals surface area contributed by atoms with E-state index in [1.165, 1.54) is 13.8 Å². The first kappa shape index (κ1) is 14.6. The summed E-state index contributed by atoms with van der Waals surface area (Å²) in [6.07, 6.45) is -1.32. The maximum absolute atomic E-state index is 9.57. The molecule has 0 amide bonds. The summed E-state index contributed by atoms with van der Waals surface area (Å²) in [5, 5.41) is 0. The van der Waals surface area contributed by atoms with Crippen LogP contribution in [0.25, 0.3) is 0 Å². The second kappa shape index (κ2) is 5.91. The average Bonchev–Trinajstić information content (AvgIpc) is 2.41. The van der Waals surface area contributed by atoms with Crippen molar-refractivity contribution < 1.29 is 23.6 Å². The highest BCUT2D eigenvalue weighted by Gasteiger charge is 2.44. The molecule has 0 bridgehead atoms. The molecule has 92 valence electrons. The Balaban J connectivity index is 2.75. The molecular weight excluding hydrogens is 250 g/mol. The van der Waals surface area contributed by atoms with Gasteiger partial charge < -0.3 is 23.6 Å². The van der Waals surface area contributed by atoms with Gasteiger partial charge in [0.05, 0.1) is 6.61 Å². The van der Waals surface area contributed by atoms with Gasteiger partial charge in [-0.15, -0.1) is 0 Å². The van der Waals surface area contributed by atoms with Gasteiger partial charge in [-0.3, -0.25) is 0 Å². The zero-order chi connectivity index (χ0) is 12.3. The molecule has 5 atom stereocenters. The highest BCUT2D eigenvalue weighted by molar-refractivity contribution is 8.09. The first-order valence-corrected chi connectivity index (χ1v) is 7.92. The molecule has 0 aromatic rings. The lowest BCUT2D eigenvalue weighted by molar-refractivity contribution is -0.0129. The molecular formula is C8H16BO5PS. The van der Waals surface area contributed by atoms with Crippen molar-refractivity contribution in [2.24, 2.45) is 0 Å². The Morgan fingerprint density at radius 2 is 2.06 bits per heavy atom. The smallest absolute Gasteiger partial charge is 0.183 e. The SMILES string of the molecule is [B][C@@H]1O[C@H](COC)C(OP(C)(O)=S)C1OC. The van der Waals surface area contributed by atoms with Crippen LogP contribution in [0.1, 0.15) is 0 Å². The van der Waals surface area contributed by atoms with E-state index in [2.05, 4.69) is 0 Å². The maximum Gasteiger partial charge on any atom is 0.183 e. The molecule has 8 heteroatoms. The van der Waals surface area contributed by atoms with Crippen LogP contribution in [0.5, 0.6) is 0 Å². The Labute approximate surface area is 102 Å². The van der Waals surface area contributed by atoms with Gasteiger partial charge in [0.1, 0.15) is 26.2 Å². The number of methoxy groups -OCH3 is 2. The first-order chi connectivity index (χ1) is 7.39. The lowest BCUT2D eigenvalue weighted by Crippen LogP contribution is -2.37. The van der Waals surface area contributed by atoms with Gasteiger partial charge in [0, 0.05) is 26.9 Å². The van der Waals surface area contributed by atoms with E-state index in [9.17, 15) is 4.89 Å². The molecule has 1 saturated heterocycles. The second-order valence-corrected chi connectivity index (χ2v) is 7.52. The van der Waals surface area contributed by atoms with Crippen LogP contribution in [0, 0.1) is 0 Å². The predicted octanol–water partition coefficient (Wildman–Crippen LogP) is -0.142. The van der Waals surface area contributed by atoms with E-state index in [0.717, 1.165) is 0 Å². The van der Waals surface area contributed by atoms with Crippen LogP contribution in [-0.2, 0) is 30.5 Å². The number of rotatable bonds is 5. The summed E-state index contributed by atoms with van der Waals surface area (Å²) < 4.78 is 21.0. The van der Waals surface area contributed by atoms with Crippen LogP contribution in [0.15, 0.2) is 0 Å². The molecule has 0 aromatic heterocycles. The number of hydrogen-bond acceptors (Lipinski definition) is 5. The van der Waals surface area contributed by atoms with Crippen LogP contribution < -0.4 is 0 Å². The number of ether oxygens (including phenoxy) is 3. The average molecular weight is 266 g/mol. The van der Waals surface area contributed by atoms with Gasteiger partial charge in [-0.1, -0.05) is 0 Å². The third-order valence-electron chi connectivity index (χ3n) is 2.27. The summed E-state index contributed by atoms with van der Waals surface area (Å²) in [5.74, 6) is 0. The summed E-state index contributed by atoms with van der Waals surface area (Å²) in [6, 6.07) is -0.600. The Morgan fingerprint density at radius 3 is 2.50 bits per heavy atom. The van der Waals surface area contributed by atoms with Crippen molar-refractivity contribution in [1.82, 2.24) is 0 Å². The monoisotopic (exact) mass is 266 g/mol. The highest BCUT2D eigenvalue weighted by atomic mass is 32.5. The van der Waals surface area contributed by atoms with E-state index >= 15 is 0 Å². The summed E-state index contributed by atoms with van der Waals surface area (Å²) in [7, 11) is 8.79. The molecule has 0 spiro atoms.